The van der Waals surface area contributed by atoms with E-state index in [0.717, 1.165) is 89.1 Å². The Kier molecular flexibility index (Phi) is 8.52. The van der Waals surface area contributed by atoms with Crippen LogP contribution in [0.2, 0.25) is 0 Å². The van der Waals surface area contributed by atoms with Crippen molar-refractivity contribution in [3.05, 3.63) is 318 Å². The predicted molar refractivity (Wildman–Crippen MR) is 325 cm³/mol. The van der Waals surface area contributed by atoms with Crippen LogP contribution in [0.3, 0.4) is 0 Å². The van der Waals surface area contributed by atoms with Gasteiger partial charge in [0.05, 0.1) is 17.8 Å². The summed E-state index contributed by atoms with van der Waals surface area (Å²) in [5, 5.41) is 1.93. The van der Waals surface area contributed by atoms with Gasteiger partial charge in [0.1, 0.15) is 11.2 Å². The molecule has 2 aliphatic carbocycles. The number of anilines is 3. The van der Waals surface area contributed by atoms with Crippen LogP contribution in [0.25, 0.3) is 88.7 Å². The van der Waals surface area contributed by atoms with Crippen molar-refractivity contribution in [1.82, 2.24) is 0 Å². The van der Waals surface area contributed by atoms with Gasteiger partial charge < -0.3 is 9.32 Å². The van der Waals surface area contributed by atoms with E-state index in [1.54, 1.807) is 0 Å². The Morgan fingerprint density at radius 2 is 0.846 bits per heavy atom. The normalized spacial score (nSPS) is 15.1. The maximum atomic E-state index is 9.84. The minimum atomic E-state index is -1.37. The Morgan fingerprint density at radius 1 is 0.333 bits per heavy atom. The molecule has 0 saturated heterocycles. The Hall–Kier alpha value is -9.76. The maximum Gasteiger partial charge on any atom is 0.143 e. The topological polar surface area (TPSA) is 16.4 Å². The molecule has 13 aromatic rings. The van der Waals surface area contributed by atoms with E-state index in [1.165, 1.54) is 27.8 Å². The van der Waals surface area contributed by atoms with Gasteiger partial charge in [-0.05, 0) is 143 Å². The average Bonchev–Trinajstić information content (AvgIpc) is 1.81. The van der Waals surface area contributed by atoms with Gasteiger partial charge in [-0.1, -0.05) is 250 Å². The molecule has 0 amide bonds. The molecule has 0 saturated carbocycles. The molecule has 0 N–H and O–H groups in total. The van der Waals surface area contributed by atoms with Crippen LogP contribution in [0.1, 0.15) is 59.6 Å². The largest absolute Gasteiger partial charge is 0.455 e. The smallest absolute Gasteiger partial charge is 0.143 e. The van der Waals surface area contributed by atoms with Crippen molar-refractivity contribution in [2.75, 3.05) is 4.90 Å². The van der Waals surface area contributed by atoms with Gasteiger partial charge in [-0.15, -0.1) is 0 Å². The summed E-state index contributed by atoms with van der Waals surface area (Å²) in [6, 6.07) is 75.0. The standard InChI is InChI=1S/C76H53NO/c1-75(2)69-25-12-9-20-63(69)66-46-45-61(49-72(66)75)77(59-41-32-53(33-42-59)51-18-7-4-8-19-51)60-43-34-54(35-44-60)56-36-47-73-68(48-56)67-24-15-23-62(74(67)78-73)55-30-39-58(40-31-55)76(57-37-28-52(29-38-57)50-16-5-3-6-17-50)70-26-13-10-21-64(70)65-22-11-14-27-71(65)76/h3-49H,1-2H3/i3D,5D,6D,16D,17D,28D,29D,37D,38D. The lowest BCUT2D eigenvalue weighted by molar-refractivity contribution is 0.660. The molecule has 368 valence electrons. The Morgan fingerprint density at radius 3 is 1.51 bits per heavy atom. The van der Waals surface area contributed by atoms with E-state index >= 15 is 0 Å². The number of hydrogen-bond acceptors (Lipinski definition) is 2. The third-order valence-electron chi connectivity index (χ3n) is 16.3. The summed E-state index contributed by atoms with van der Waals surface area (Å²) in [6.45, 7) is 4.64. The Bertz CT molecular complexity index is 4890. The minimum Gasteiger partial charge on any atom is -0.455 e. The van der Waals surface area contributed by atoms with Gasteiger partial charge in [-0.2, -0.15) is 0 Å². The average molecular weight is 1010 g/mol. The zero-order valence-corrected chi connectivity index (χ0v) is 42.8. The molecule has 0 bridgehead atoms. The number of furan rings is 1. The first-order chi connectivity index (χ1) is 42.2. The summed E-state index contributed by atoms with van der Waals surface area (Å²) in [5.41, 5.74) is 17.8. The van der Waals surface area contributed by atoms with Crippen LogP contribution in [-0.2, 0) is 10.8 Å². The predicted octanol–water partition coefficient (Wildman–Crippen LogP) is 20.4. The van der Waals surface area contributed by atoms with Crippen molar-refractivity contribution in [2.24, 2.45) is 0 Å². The molecule has 78 heavy (non-hydrogen) atoms. The molecular formula is C76H53NO. The fourth-order valence-electron chi connectivity index (χ4n) is 12.6. The van der Waals surface area contributed by atoms with Crippen LogP contribution in [0.5, 0.6) is 0 Å². The number of nitrogens with zero attached hydrogens (tertiary/aromatic N) is 1. The van der Waals surface area contributed by atoms with E-state index in [0.29, 0.717) is 5.56 Å². The van der Waals surface area contributed by atoms with Crippen molar-refractivity contribution < 1.29 is 16.8 Å². The first kappa shape index (κ1) is 37.1. The van der Waals surface area contributed by atoms with Gasteiger partial charge in [-0.3, -0.25) is 0 Å². The quantitative estimate of drug-likeness (QED) is 0.143. The van der Waals surface area contributed by atoms with Crippen LogP contribution >= 0.6 is 0 Å². The van der Waals surface area contributed by atoms with Gasteiger partial charge >= 0.3 is 0 Å². The molecule has 0 aliphatic heterocycles. The molecule has 0 fully saturated rings. The summed E-state index contributed by atoms with van der Waals surface area (Å²) < 4.78 is 88.0. The monoisotopic (exact) mass is 1000 g/mol. The third-order valence-corrected chi connectivity index (χ3v) is 16.3. The molecule has 1 aromatic heterocycles. The van der Waals surface area contributed by atoms with E-state index in [4.69, 9.17) is 11.3 Å². The van der Waals surface area contributed by atoms with Crippen molar-refractivity contribution in [3.63, 3.8) is 0 Å². The van der Waals surface area contributed by atoms with Gasteiger partial charge in [0, 0.05) is 38.8 Å². The molecule has 15 rings (SSSR count). The summed E-state index contributed by atoms with van der Waals surface area (Å²) in [5.74, 6) is 0. The number of hydrogen-bond donors (Lipinski definition) is 0. The lowest BCUT2D eigenvalue weighted by atomic mass is 9.67. The molecule has 0 spiro atoms. The summed E-state index contributed by atoms with van der Waals surface area (Å²) in [6.07, 6.45) is 0. The zero-order chi connectivity index (χ0) is 59.8. The van der Waals surface area contributed by atoms with E-state index < -0.39 is 47.7 Å². The van der Waals surface area contributed by atoms with Crippen LogP contribution in [-0.4, -0.2) is 0 Å². The summed E-state index contributed by atoms with van der Waals surface area (Å²) in [4.78, 5) is 2.35. The van der Waals surface area contributed by atoms with E-state index in [2.05, 4.69) is 152 Å². The molecule has 1 heterocycles. The van der Waals surface area contributed by atoms with E-state index in [1.807, 2.05) is 97.1 Å². The van der Waals surface area contributed by atoms with Crippen LogP contribution in [0.4, 0.5) is 17.1 Å². The highest BCUT2D eigenvalue weighted by molar-refractivity contribution is 6.10. The first-order valence-electron chi connectivity index (χ1n) is 30.9. The molecule has 2 aliphatic rings. The van der Waals surface area contributed by atoms with Crippen molar-refractivity contribution in [2.45, 2.75) is 24.7 Å². The number of rotatable bonds is 9. The molecule has 2 heteroatoms. The lowest BCUT2D eigenvalue weighted by Gasteiger charge is -2.34. The highest BCUT2D eigenvalue weighted by atomic mass is 16.3. The second-order valence-corrected chi connectivity index (χ2v) is 20.9. The van der Waals surface area contributed by atoms with Gasteiger partial charge in [-0.25, -0.2) is 0 Å². The fraction of sp³-hybridized carbons (Fsp3) is 0.0526. The van der Waals surface area contributed by atoms with Crippen molar-refractivity contribution >= 4 is 39.0 Å². The second-order valence-electron chi connectivity index (χ2n) is 20.9. The van der Waals surface area contributed by atoms with Crippen molar-refractivity contribution in [3.8, 4) is 66.8 Å². The Labute approximate surface area is 468 Å². The fourth-order valence-corrected chi connectivity index (χ4v) is 12.6. The lowest BCUT2D eigenvalue weighted by Crippen LogP contribution is -2.28. The van der Waals surface area contributed by atoms with Gasteiger partial charge in [0.25, 0.3) is 0 Å². The van der Waals surface area contributed by atoms with Crippen LogP contribution in [0, 0.1) is 0 Å². The summed E-state index contributed by atoms with van der Waals surface area (Å²) in [7, 11) is 0. The second kappa shape index (κ2) is 17.9. The molecule has 0 atom stereocenters. The van der Waals surface area contributed by atoms with Crippen molar-refractivity contribution in [1.29, 1.82) is 0 Å². The number of benzene rings is 12. The molecule has 12 aromatic carbocycles. The first-order valence-corrected chi connectivity index (χ1v) is 26.4. The number of fused-ring (bicyclic) bond motifs is 9. The Balaban J connectivity index is 0.804. The molecular weight excluding hydrogens is 943 g/mol. The zero-order valence-electron chi connectivity index (χ0n) is 51.8. The van der Waals surface area contributed by atoms with Gasteiger partial charge in [0.15, 0.2) is 0 Å². The molecule has 0 radical (unpaired) electrons. The maximum absolute atomic E-state index is 9.84. The van der Waals surface area contributed by atoms with Crippen LogP contribution in [0.15, 0.2) is 289 Å². The van der Waals surface area contributed by atoms with E-state index in [-0.39, 0.29) is 34.2 Å². The van der Waals surface area contributed by atoms with Crippen LogP contribution < -0.4 is 4.90 Å². The molecule has 2 nitrogen and oxygen atoms in total. The van der Waals surface area contributed by atoms with Gasteiger partial charge in [0.2, 0.25) is 0 Å². The highest BCUT2D eigenvalue weighted by Gasteiger charge is 2.46. The highest BCUT2D eigenvalue weighted by Crippen LogP contribution is 2.57. The van der Waals surface area contributed by atoms with E-state index in [9.17, 15) is 5.48 Å². The molecule has 0 unspecified atom stereocenters. The summed E-state index contributed by atoms with van der Waals surface area (Å²) >= 11 is 0. The minimum absolute atomic E-state index is 0.0876. The number of para-hydroxylation sites is 1. The third kappa shape index (κ3) is 7.10. The SMILES string of the molecule is [2H]c1c([2H])c([2H])c(-c2c([2H])c([2H])c(C3(c4ccc(-c5cccc6c5oc5ccc(-c7ccc(N(c8ccc(-c9ccccc9)cc8)c8ccc9c(c8)C(C)(C)c8ccccc8-9)cc7)cc56)cc4)c4ccccc4-c4ccccc43)c([2H])c2[2H])c([2H])c1[2H].